The summed E-state index contributed by atoms with van der Waals surface area (Å²) in [5.74, 6) is 1.48. The Morgan fingerprint density at radius 1 is 1.12 bits per heavy atom. The highest BCUT2D eigenvalue weighted by atomic mass is 16.8. The maximum Gasteiger partial charge on any atom is 0.309 e. The summed E-state index contributed by atoms with van der Waals surface area (Å²) in [6.07, 6.45) is 2.39. The SMILES string of the molecule is COC(=O)[C@H]1C[C@@H]1c1ccc(O[C@@H]2CCc3c(-c4c(C)cc(OC[C@H](C)C[N+](C)([O-])O)cc4C)ccc(N)c32)cc1. The number of nitrogens with zero attached hydrogens (tertiary/aromatic N) is 1. The van der Waals surface area contributed by atoms with Crippen molar-refractivity contribution >= 4 is 11.7 Å². The Morgan fingerprint density at radius 2 is 1.80 bits per heavy atom. The van der Waals surface area contributed by atoms with Gasteiger partial charge in [-0.05, 0) is 103 Å². The monoisotopic (exact) mass is 560 g/mol. The molecule has 5 atom stereocenters. The van der Waals surface area contributed by atoms with Gasteiger partial charge >= 0.3 is 5.97 Å². The minimum Gasteiger partial charge on any atom is -0.599 e. The van der Waals surface area contributed by atoms with E-state index in [4.69, 9.17) is 19.9 Å². The van der Waals surface area contributed by atoms with Crippen LogP contribution in [0.15, 0.2) is 48.5 Å². The van der Waals surface area contributed by atoms with Crippen LogP contribution in [-0.4, -0.2) is 43.3 Å². The Balaban J connectivity index is 1.32. The number of ether oxygens (including phenoxy) is 3. The van der Waals surface area contributed by atoms with E-state index in [-0.39, 0.29) is 36.4 Å². The average molecular weight is 561 g/mol. The van der Waals surface area contributed by atoms with Crippen molar-refractivity contribution in [2.45, 2.75) is 52.1 Å². The molecule has 218 valence electrons. The molecule has 41 heavy (non-hydrogen) atoms. The second-order valence-corrected chi connectivity index (χ2v) is 11.9. The molecule has 3 aromatic carbocycles. The Labute approximate surface area is 241 Å². The summed E-state index contributed by atoms with van der Waals surface area (Å²) in [4.78, 5) is 10.5. The molecule has 1 unspecified atom stereocenters. The Bertz CT molecular complexity index is 1410. The number of aryl methyl sites for hydroxylation is 2. The number of carbonyl (C=O) groups is 1. The van der Waals surface area contributed by atoms with Crippen LogP contribution in [-0.2, 0) is 16.0 Å². The predicted octanol–water partition coefficient (Wildman–Crippen LogP) is 6.24. The molecule has 0 aliphatic heterocycles. The van der Waals surface area contributed by atoms with Gasteiger partial charge in [-0.1, -0.05) is 25.1 Å². The van der Waals surface area contributed by atoms with Crippen molar-refractivity contribution in [3.8, 4) is 22.6 Å². The van der Waals surface area contributed by atoms with Crippen LogP contribution in [0.1, 0.15) is 59.6 Å². The summed E-state index contributed by atoms with van der Waals surface area (Å²) >= 11 is 0. The number of nitrogen functional groups attached to an aromatic ring is 1. The van der Waals surface area contributed by atoms with E-state index in [0.29, 0.717) is 6.61 Å². The fourth-order valence-corrected chi connectivity index (χ4v) is 6.34. The minimum absolute atomic E-state index is 0.0384. The first-order valence-corrected chi connectivity index (χ1v) is 14.2. The van der Waals surface area contributed by atoms with Gasteiger partial charge in [-0.3, -0.25) is 4.79 Å². The number of hydroxylamine groups is 4. The lowest BCUT2D eigenvalue weighted by molar-refractivity contribution is -1.05. The molecule has 0 saturated heterocycles. The van der Waals surface area contributed by atoms with Crippen LogP contribution in [0.2, 0.25) is 0 Å². The number of quaternary nitrogens is 1. The molecule has 2 aliphatic rings. The smallest absolute Gasteiger partial charge is 0.309 e. The molecule has 5 rings (SSSR count). The summed E-state index contributed by atoms with van der Waals surface area (Å²) in [6, 6.07) is 16.2. The molecule has 3 aromatic rings. The third kappa shape index (κ3) is 6.35. The van der Waals surface area contributed by atoms with Crippen molar-refractivity contribution < 1.29 is 29.0 Å². The van der Waals surface area contributed by atoms with E-state index in [1.807, 2.05) is 49.4 Å². The molecule has 0 spiro atoms. The second-order valence-electron chi connectivity index (χ2n) is 11.9. The molecule has 3 N–H and O–H groups in total. The molecule has 0 aromatic heterocycles. The van der Waals surface area contributed by atoms with Crippen molar-refractivity contribution in [2.75, 3.05) is 33.0 Å². The van der Waals surface area contributed by atoms with E-state index >= 15 is 0 Å². The summed E-state index contributed by atoms with van der Waals surface area (Å²) < 4.78 is 17.3. The molecular formula is C33H40N2O6. The van der Waals surface area contributed by atoms with E-state index in [0.717, 1.165) is 69.8 Å². The van der Waals surface area contributed by atoms with Crippen molar-refractivity contribution in [3.05, 3.63) is 81.6 Å². The molecule has 0 radical (unpaired) electrons. The minimum atomic E-state index is -1.32. The molecular weight excluding hydrogens is 520 g/mol. The number of hydrogen-bond acceptors (Lipinski definition) is 7. The highest BCUT2D eigenvalue weighted by molar-refractivity contribution is 5.79. The van der Waals surface area contributed by atoms with Crippen molar-refractivity contribution in [1.82, 2.24) is 0 Å². The molecule has 0 heterocycles. The van der Waals surface area contributed by atoms with Gasteiger partial charge in [-0.25, -0.2) is 10.0 Å². The van der Waals surface area contributed by atoms with Gasteiger partial charge in [0.15, 0.2) is 0 Å². The maximum atomic E-state index is 11.8. The van der Waals surface area contributed by atoms with Gasteiger partial charge in [0.05, 0.1) is 26.7 Å². The zero-order valence-corrected chi connectivity index (χ0v) is 24.5. The van der Waals surface area contributed by atoms with Gasteiger partial charge in [0.1, 0.15) is 24.1 Å². The van der Waals surface area contributed by atoms with E-state index in [2.05, 4.69) is 19.9 Å². The first-order valence-electron chi connectivity index (χ1n) is 14.2. The van der Waals surface area contributed by atoms with Gasteiger partial charge in [-0.2, -0.15) is 0 Å². The van der Waals surface area contributed by atoms with Crippen LogP contribution in [0.3, 0.4) is 0 Å². The number of anilines is 1. The quantitative estimate of drug-likeness (QED) is 0.130. The van der Waals surface area contributed by atoms with Gasteiger partial charge in [0, 0.05) is 17.2 Å². The summed E-state index contributed by atoms with van der Waals surface area (Å²) in [5, 5.41) is 21.1. The first kappa shape index (κ1) is 28.9. The van der Waals surface area contributed by atoms with E-state index < -0.39 is 4.81 Å². The van der Waals surface area contributed by atoms with Crippen molar-refractivity contribution in [1.29, 1.82) is 0 Å². The zero-order chi connectivity index (χ0) is 29.5. The molecule has 1 saturated carbocycles. The lowest BCUT2D eigenvalue weighted by Gasteiger charge is -2.31. The van der Waals surface area contributed by atoms with E-state index in [1.54, 1.807) is 0 Å². The van der Waals surface area contributed by atoms with E-state index in [9.17, 15) is 15.2 Å². The lowest BCUT2D eigenvalue weighted by Crippen LogP contribution is -2.38. The highest BCUT2D eigenvalue weighted by Crippen LogP contribution is 2.49. The van der Waals surface area contributed by atoms with Crippen LogP contribution in [0, 0.1) is 30.9 Å². The second kappa shape index (κ2) is 11.4. The predicted molar refractivity (Wildman–Crippen MR) is 158 cm³/mol. The number of benzene rings is 3. The maximum absolute atomic E-state index is 11.8. The fourth-order valence-electron chi connectivity index (χ4n) is 6.34. The molecule has 2 aliphatic carbocycles. The number of carbonyl (C=O) groups excluding carboxylic acids is 1. The van der Waals surface area contributed by atoms with Crippen molar-refractivity contribution in [3.63, 3.8) is 0 Å². The Hall–Kier alpha value is -3.59. The van der Waals surface area contributed by atoms with Gasteiger partial charge < -0.3 is 25.2 Å². The van der Waals surface area contributed by atoms with E-state index in [1.165, 1.54) is 19.7 Å². The van der Waals surface area contributed by atoms with Gasteiger partial charge in [0.25, 0.3) is 0 Å². The lowest BCUT2D eigenvalue weighted by atomic mass is 9.90. The Kier molecular flexibility index (Phi) is 8.01. The third-order valence-electron chi connectivity index (χ3n) is 8.21. The Morgan fingerprint density at radius 3 is 2.44 bits per heavy atom. The summed E-state index contributed by atoms with van der Waals surface area (Å²) in [5.41, 5.74) is 15.2. The number of methoxy groups -OCH3 is 1. The van der Waals surface area contributed by atoms with Crippen LogP contribution < -0.4 is 15.2 Å². The van der Waals surface area contributed by atoms with Crippen LogP contribution in [0.4, 0.5) is 5.69 Å². The molecule has 1 fully saturated rings. The molecule has 8 heteroatoms. The number of nitrogens with two attached hydrogens (primary N) is 1. The topological polar surface area (TPSA) is 114 Å². The van der Waals surface area contributed by atoms with Gasteiger partial charge in [-0.15, -0.1) is 0 Å². The molecule has 0 amide bonds. The number of hydrogen-bond donors (Lipinski definition) is 2. The summed E-state index contributed by atoms with van der Waals surface area (Å²) in [7, 11) is 2.65. The fraction of sp³-hybridized carbons (Fsp3) is 0.424. The van der Waals surface area contributed by atoms with Gasteiger partial charge in [0.2, 0.25) is 0 Å². The zero-order valence-electron chi connectivity index (χ0n) is 24.5. The highest BCUT2D eigenvalue weighted by Gasteiger charge is 2.44. The third-order valence-corrected chi connectivity index (χ3v) is 8.21. The first-order chi connectivity index (χ1) is 19.4. The largest absolute Gasteiger partial charge is 0.599 e. The summed E-state index contributed by atoms with van der Waals surface area (Å²) in [6.45, 7) is 6.46. The number of fused-ring (bicyclic) bond motifs is 1. The van der Waals surface area contributed by atoms with Crippen LogP contribution in [0.25, 0.3) is 11.1 Å². The molecule has 0 bridgehead atoms. The number of rotatable bonds is 10. The average Bonchev–Trinajstić information content (AvgIpc) is 3.60. The molecule has 8 nitrogen and oxygen atoms in total. The van der Waals surface area contributed by atoms with Crippen molar-refractivity contribution in [2.24, 2.45) is 11.8 Å². The van der Waals surface area contributed by atoms with Crippen LogP contribution >= 0.6 is 0 Å². The number of esters is 1. The van der Waals surface area contributed by atoms with Crippen LogP contribution in [0.5, 0.6) is 11.5 Å². The normalized spacial score (nSPS) is 21.5. The standard InChI is InChI=1S/C33H40N2O6/c1-19(17-35(4,37)38)18-40-24-14-20(2)31(21(3)15-24)25-10-12-29(34)32-26(25)11-13-30(32)41-23-8-6-22(7-9-23)27-16-28(27)33(36)39-5/h6-10,12,14-15,19,27-28,30,37H,11,13,16-18,34H2,1-5H3/t19-,27-,28+,30-/m1/s1.